The van der Waals surface area contributed by atoms with Gasteiger partial charge < -0.3 is 4.90 Å². The van der Waals surface area contributed by atoms with E-state index in [1.165, 1.54) is 44.4 Å². The third-order valence-electron chi connectivity index (χ3n) is 4.90. The van der Waals surface area contributed by atoms with Crippen LogP contribution in [0.2, 0.25) is 5.82 Å². The van der Waals surface area contributed by atoms with E-state index < -0.39 is 0 Å². The molecular weight excluding hydrogens is 243 g/mol. The minimum atomic E-state index is 0.393. The van der Waals surface area contributed by atoms with Gasteiger partial charge in [-0.3, -0.25) is 4.99 Å². The normalized spacial score (nSPS) is 34.2. The van der Waals surface area contributed by atoms with Crippen molar-refractivity contribution in [3.63, 3.8) is 0 Å². The molecule has 20 heavy (non-hydrogen) atoms. The van der Waals surface area contributed by atoms with Gasteiger partial charge in [-0.1, -0.05) is 31.5 Å². The number of hydrogen-bond donors (Lipinski definition) is 0. The molecule has 0 N–H and O–H groups in total. The molecule has 3 unspecified atom stereocenters. The molecule has 0 bridgehead atoms. The summed E-state index contributed by atoms with van der Waals surface area (Å²) in [5.41, 5.74) is 0. The third-order valence-corrected chi connectivity index (χ3v) is 4.90. The highest BCUT2D eigenvalue weighted by Crippen LogP contribution is 2.39. The minimum Gasteiger partial charge on any atom is -0.358 e. The second-order valence-electron chi connectivity index (χ2n) is 7.30. The molecule has 1 saturated carbocycles. The molecule has 1 aliphatic heterocycles. The molecule has 0 aromatic carbocycles. The smallest absolute Gasteiger partial charge is 0.103 e. The lowest BCUT2D eigenvalue weighted by Crippen LogP contribution is -2.49. The molecule has 112 valence electrons. The van der Waals surface area contributed by atoms with Crippen LogP contribution in [0, 0.1) is 11.8 Å². The molecule has 0 amide bonds. The first kappa shape index (κ1) is 15.9. The molecular formula is C17H31BN2. The molecule has 0 aromatic rings. The zero-order valence-corrected chi connectivity index (χ0v) is 13.8. The van der Waals surface area contributed by atoms with Gasteiger partial charge in [0.25, 0.3) is 0 Å². The summed E-state index contributed by atoms with van der Waals surface area (Å²) in [6.07, 6.45) is 7.64. The van der Waals surface area contributed by atoms with Gasteiger partial charge in [-0.15, -0.1) is 0 Å². The van der Waals surface area contributed by atoms with Crippen LogP contribution in [0.3, 0.4) is 0 Å². The Hall–Kier alpha value is -0.465. The van der Waals surface area contributed by atoms with Crippen LogP contribution in [-0.4, -0.2) is 37.2 Å². The Kier molecular flexibility index (Phi) is 5.57. The molecule has 1 aliphatic carbocycles. The average Bonchev–Trinajstić information content (AvgIpc) is 2.33. The average molecular weight is 274 g/mol. The number of fused-ring (bicyclic) bond motifs is 1. The molecule has 1 saturated heterocycles. The predicted molar refractivity (Wildman–Crippen MR) is 88.6 cm³/mol. The van der Waals surface area contributed by atoms with E-state index in [2.05, 4.69) is 32.6 Å². The summed E-state index contributed by atoms with van der Waals surface area (Å²) in [5, 5.41) is 0. The third kappa shape index (κ3) is 3.80. The van der Waals surface area contributed by atoms with Crippen molar-refractivity contribution in [3.05, 3.63) is 0 Å². The summed E-state index contributed by atoms with van der Waals surface area (Å²) < 4.78 is 0. The molecule has 2 fully saturated rings. The van der Waals surface area contributed by atoms with Crippen molar-refractivity contribution in [2.75, 3.05) is 6.54 Å². The van der Waals surface area contributed by atoms with Crippen LogP contribution in [0.4, 0.5) is 0 Å². The maximum absolute atomic E-state index is 6.30. The van der Waals surface area contributed by atoms with Crippen LogP contribution in [0.25, 0.3) is 0 Å². The largest absolute Gasteiger partial charge is 0.358 e. The summed E-state index contributed by atoms with van der Waals surface area (Å²) in [4.78, 5) is 7.57. The van der Waals surface area contributed by atoms with Crippen molar-refractivity contribution in [1.82, 2.24) is 4.90 Å². The van der Waals surface area contributed by atoms with Gasteiger partial charge in [0.15, 0.2) is 0 Å². The Morgan fingerprint density at radius 2 is 1.80 bits per heavy atom. The summed E-state index contributed by atoms with van der Waals surface area (Å²) in [7, 11) is 6.30. The van der Waals surface area contributed by atoms with Crippen molar-refractivity contribution in [1.29, 1.82) is 0 Å². The Labute approximate surface area is 126 Å². The first-order chi connectivity index (χ1) is 9.49. The van der Waals surface area contributed by atoms with Gasteiger partial charge in [-0.2, -0.15) is 0 Å². The topological polar surface area (TPSA) is 15.6 Å². The van der Waals surface area contributed by atoms with Gasteiger partial charge in [-0.05, 0) is 46.5 Å². The van der Waals surface area contributed by atoms with Crippen LogP contribution >= 0.6 is 0 Å². The summed E-state index contributed by atoms with van der Waals surface area (Å²) >= 11 is 0. The molecule has 2 nitrogen and oxygen atoms in total. The summed E-state index contributed by atoms with van der Waals surface area (Å²) in [5.74, 6) is 3.21. The van der Waals surface area contributed by atoms with Crippen LogP contribution in [0.5, 0.6) is 0 Å². The molecule has 3 atom stereocenters. The van der Waals surface area contributed by atoms with E-state index in [-0.39, 0.29) is 0 Å². The summed E-state index contributed by atoms with van der Waals surface area (Å²) in [6, 6.07) is 0.955. The van der Waals surface area contributed by atoms with Gasteiger partial charge in [0.1, 0.15) is 5.84 Å². The Balaban J connectivity index is 2.23. The van der Waals surface area contributed by atoms with E-state index >= 15 is 0 Å². The second-order valence-corrected chi connectivity index (χ2v) is 7.30. The fourth-order valence-corrected chi connectivity index (χ4v) is 3.93. The Bertz CT molecular complexity index is 338. The van der Waals surface area contributed by atoms with Crippen molar-refractivity contribution >= 4 is 13.7 Å². The van der Waals surface area contributed by atoms with E-state index in [4.69, 9.17) is 12.8 Å². The second kappa shape index (κ2) is 7.00. The number of likely N-dealkylation sites (tertiary alicyclic amines) is 1. The van der Waals surface area contributed by atoms with Crippen molar-refractivity contribution in [2.24, 2.45) is 16.8 Å². The van der Waals surface area contributed by atoms with E-state index in [0.717, 1.165) is 12.5 Å². The van der Waals surface area contributed by atoms with Gasteiger partial charge >= 0.3 is 0 Å². The Morgan fingerprint density at radius 3 is 2.45 bits per heavy atom. The van der Waals surface area contributed by atoms with E-state index in [0.29, 0.717) is 23.8 Å². The number of amidine groups is 1. The van der Waals surface area contributed by atoms with Gasteiger partial charge in [0.2, 0.25) is 0 Å². The molecule has 2 aliphatic rings. The zero-order valence-electron chi connectivity index (χ0n) is 13.8. The number of aliphatic imine (C=N–C) groups is 1. The number of hydrogen-bond acceptors (Lipinski definition) is 1. The van der Waals surface area contributed by atoms with Crippen molar-refractivity contribution < 1.29 is 0 Å². The van der Waals surface area contributed by atoms with Gasteiger partial charge in [0.05, 0.1) is 7.85 Å². The predicted octanol–water partition coefficient (Wildman–Crippen LogP) is 4.06. The zero-order chi connectivity index (χ0) is 14.7. The monoisotopic (exact) mass is 274 g/mol. The lowest BCUT2D eigenvalue weighted by Gasteiger charge is -2.45. The fourth-order valence-electron chi connectivity index (χ4n) is 3.93. The summed E-state index contributed by atoms with van der Waals surface area (Å²) in [6.45, 7) is 10.2. The molecule has 3 heteroatoms. The standard InChI is InChI=1S/C17H31BN2/c1-12(2)19-17-16-8-6-5-7-15(18)11-14(16)9-10-20(17)13(3)4/h12-16H,5-11H2,1-4H3. The number of nitrogens with zero attached hydrogens (tertiary/aromatic N) is 2. The maximum atomic E-state index is 6.30. The SMILES string of the molecule is [B]C1CCCCC2C(=NC(C)C)N(C(C)C)CCC2C1. The first-order valence-corrected chi connectivity index (χ1v) is 8.59. The van der Waals surface area contributed by atoms with E-state index in [1.807, 2.05) is 0 Å². The maximum Gasteiger partial charge on any atom is 0.103 e. The highest BCUT2D eigenvalue weighted by molar-refractivity contribution is 6.11. The highest BCUT2D eigenvalue weighted by atomic mass is 15.2. The highest BCUT2D eigenvalue weighted by Gasteiger charge is 2.36. The lowest BCUT2D eigenvalue weighted by atomic mass is 9.67. The van der Waals surface area contributed by atoms with Gasteiger partial charge in [-0.25, -0.2) is 0 Å². The van der Waals surface area contributed by atoms with E-state index in [9.17, 15) is 0 Å². The minimum absolute atomic E-state index is 0.393. The molecule has 2 radical (unpaired) electrons. The van der Waals surface area contributed by atoms with Crippen molar-refractivity contribution in [2.45, 2.75) is 84.1 Å². The van der Waals surface area contributed by atoms with Crippen LogP contribution in [0.1, 0.15) is 66.2 Å². The van der Waals surface area contributed by atoms with Crippen LogP contribution < -0.4 is 0 Å². The number of rotatable bonds is 2. The number of piperidine rings is 1. The van der Waals surface area contributed by atoms with Crippen LogP contribution in [0.15, 0.2) is 4.99 Å². The van der Waals surface area contributed by atoms with Gasteiger partial charge in [0, 0.05) is 24.5 Å². The lowest BCUT2D eigenvalue weighted by molar-refractivity contribution is 0.196. The molecule has 0 spiro atoms. The molecule has 1 heterocycles. The van der Waals surface area contributed by atoms with Crippen molar-refractivity contribution in [3.8, 4) is 0 Å². The quantitative estimate of drug-likeness (QED) is 0.693. The van der Waals surface area contributed by atoms with E-state index in [1.54, 1.807) is 0 Å². The molecule has 2 rings (SSSR count). The Morgan fingerprint density at radius 1 is 1.10 bits per heavy atom. The fraction of sp³-hybridized carbons (Fsp3) is 0.941. The van der Waals surface area contributed by atoms with Crippen LogP contribution in [-0.2, 0) is 0 Å². The first-order valence-electron chi connectivity index (χ1n) is 8.59. The molecule has 0 aromatic heterocycles.